The van der Waals surface area contributed by atoms with Crippen molar-refractivity contribution in [2.24, 2.45) is 0 Å². The first kappa shape index (κ1) is 19.6. The van der Waals surface area contributed by atoms with Crippen molar-refractivity contribution in [2.75, 3.05) is 37.7 Å². The Balaban J connectivity index is 1.05. The molecule has 0 unspecified atom stereocenters. The molecule has 1 aromatic heterocycles. The molecule has 1 aliphatic carbocycles. The van der Waals surface area contributed by atoms with Crippen molar-refractivity contribution in [3.8, 4) is 5.75 Å². The number of aromatic nitrogens is 1. The van der Waals surface area contributed by atoms with E-state index in [-0.39, 0.29) is 11.4 Å². The molecule has 3 aliphatic heterocycles. The van der Waals surface area contributed by atoms with Crippen LogP contribution in [-0.2, 0) is 4.74 Å². The molecule has 7 heteroatoms. The van der Waals surface area contributed by atoms with Gasteiger partial charge in [-0.25, -0.2) is 9.37 Å². The summed E-state index contributed by atoms with van der Waals surface area (Å²) >= 11 is 0. The predicted octanol–water partition coefficient (Wildman–Crippen LogP) is 3.97. The summed E-state index contributed by atoms with van der Waals surface area (Å²) in [6.07, 6.45) is 10.2. The fraction of sp³-hybridized carbons (Fsp3) is 0.625. The minimum atomic E-state index is -0.162. The van der Waals surface area contributed by atoms with Crippen LogP contribution in [0.15, 0.2) is 35.1 Å². The van der Waals surface area contributed by atoms with Gasteiger partial charge in [-0.1, -0.05) is 0 Å². The number of ether oxygens (including phenoxy) is 2. The lowest BCUT2D eigenvalue weighted by molar-refractivity contribution is -0.0215. The zero-order valence-electron chi connectivity index (χ0n) is 17.8. The van der Waals surface area contributed by atoms with E-state index in [1.165, 1.54) is 12.5 Å². The van der Waals surface area contributed by atoms with Crippen LogP contribution >= 0.6 is 0 Å². The van der Waals surface area contributed by atoms with Crippen molar-refractivity contribution in [2.45, 2.75) is 62.2 Å². The topological polar surface area (TPSA) is 51.0 Å². The molecule has 1 atom stereocenters. The summed E-state index contributed by atoms with van der Waals surface area (Å²) in [6.45, 7) is 4.55. The van der Waals surface area contributed by atoms with E-state index in [0.29, 0.717) is 24.1 Å². The van der Waals surface area contributed by atoms with Crippen molar-refractivity contribution < 1.29 is 18.3 Å². The largest absolute Gasteiger partial charge is 0.490 e. The van der Waals surface area contributed by atoms with Gasteiger partial charge in [0.15, 0.2) is 0 Å². The predicted molar refractivity (Wildman–Crippen MR) is 114 cm³/mol. The Bertz CT molecular complexity index is 903. The molecule has 0 bridgehead atoms. The summed E-state index contributed by atoms with van der Waals surface area (Å²) in [5.74, 6) is 1.10. The van der Waals surface area contributed by atoms with E-state index in [1.54, 1.807) is 18.5 Å². The molecule has 4 aliphatic rings. The van der Waals surface area contributed by atoms with Crippen LogP contribution in [0, 0.1) is 5.82 Å². The minimum Gasteiger partial charge on any atom is -0.490 e. The molecule has 1 saturated carbocycles. The van der Waals surface area contributed by atoms with Gasteiger partial charge in [0.25, 0.3) is 6.01 Å². The van der Waals surface area contributed by atoms with Crippen LogP contribution in [0.3, 0.4) is 0 Å². The summed E-state index contributed by atoms with van der Waals surface area (Å²) in [6, 6.07) is 6.22. The number of halogens is 1. The van der Waals surface area contributed by atoms with Gasteiger partial charge in [-0.2, -0.15) is 0 Å². The first-order valence-corrected chi connectivity index (χ1v) is 11.7. The van der Waals surface area contributed by atoms with Crippen LogP contribution in [0.5, 0.6) is 5.75 Å². The molecule has 0 N–H and O–H groups in total. The number of benzene rings is 1. The van der Waals surface area contributed by atoms with Crippen LogP contribution in [0.4, 0.5) is 10.4 Å². The van der Waals surface area contributed by atoms with Crippen molar-refractivity contribution >= 4 is 6.01 Å². The lowest BCUT2D eigenvalue weighted by Gasteiger charge is -2.46. The molecule has 4 heterocycles. The second-order valence-electron chi connectivity index (χ2n) is 9.69. The zero-order valence-corrected chi connectivity index (χ0v) is 17.8. The Hall–Kier alpha value is -2.12. The molecule has 4 fully saturated rings. The number of anilines is 1. The molecule has 0 amide bonds. The van der Waals surface area contributed by atoms with E-state index in [4.69, 9.17) is 13.9 Å². The van der Waals surface area contributed by atoms with Gasteiger partial charge in [-0.15, -0.1) is 0 Å². The Morgan fingerprint density at radius 1 is 1.13 bits per heavy atom. The third-order valence-electron chi connectivity index (χ3n) is 7.64. The molecule has 0 radical (unpaired) electrons. The van der Waals surface area contributed by atoms with E-state index in [9.17, 15) is 4.39 Å². The maximum absolute atomic E-state index is 14.0. The third-order valence-corrected chi connectivity index (χ3v) is 7.64. The van der Waals surface area contributed by atoms with Gasteiger partial charge in [-0.05, 0) is 75.7 Å². The van der Waals surface area contributed by atoms with Gasteiger partial charge in [0.05, 0.1) is 32.0 Å². The third kappa shape index (κ3) is 3.72. The normalized spacial score (nSPS) is 26.7. The summed E-state index contributed by atoms with van der Waals surface area (Å²) in [7, 11) is 0. The summed E-state index contributed by atoms with van der Waals surface area (Å²) in [5, 5.41) is 0. The fourth-order valence-corrected chi connectivity index (χ4v) is 5.62. The molecule has 31 heavy (non-hydrogen) atoms. The molecule has 166 valence electrons. The Labute approximate surface area is 182 Å². The smallest absolute Gasteiger partial charge is 0.297 e. The second kappa shape index (κ2) is 7.78. The number of hydrogen-bond donors (Lipinski definition) is 0. The molecule has 1 aromatic carbocycles. The van der Waals surface area contributed by atoms with Crippen LogP contribution in [0.2, 0.25) is 0 Å². The van der Waals surface area contributed by atoms with Gasteiger partial charge in [0.1, 0.15) is 23.4 Å². The number of piperidine rings is 1. The number of oxazole rings is 1. The van der Waals surface area contributed by atoms with Crippen LogP contribution in [-0.4, -0.2) is 60.4 Å². The standard InChI is InChI=1S/C24H30FN3O3/c25-18-4-5-22(31-20-2-1-3-20)21(12-18)17-6-9-27(10-7-17)19-13-24(30-14-19)15-28(16-24)23-26-8-11-29-23/h4-5,8,11-12,17,19-20H,1-3,6-7,9-10,13-16H2/t19-/m0/s1. The average Bonchev–Trinajstić information content (AvgIpc) is 3.41. The molecule has 1 spiro atoms. The highest BCUT2D eigenvalue weighted by Crippen LogP contribution is 2.41. The van der Waals surface area contributed by atoms with Crippen molar-refractivity contribution in [3.05, 3.63) is 42.0 Å². The highest BCUT2D eigenvalue weighted by molar-refractivity contribution is 5.38. The fourth-order valence-electron chi connectivity index (χ4n) is 5.62. The molecule has 6 nitrogen and oxygen atoms in total. The zero-order chi connectivity index (χ0) is 20.8. The van der Waals surface area contributed by atoms with Crippen LogP contribution in [0.25, 0.3) is 0 Å². The quantitative estimate of drug-likeness (QED) is 0.720. The van der Waals surface area contributed by atoms with Gasteiger partial charge in [0.2, 0.25) is 0 Å². The highest BCUT2D eigenvalue weighted by atomic mass is 19.1. The van der Waals surface area contributed by atoms with E-state index in [2.05, 4.69) is 14.8 Å². The first-order chi connectivity index (χ1) is 15.2. The molecule has 2 aromatic rings. The van der Waals surface area contributed by atoms with Crippen LogP contribution in [0.1, 0.15) is 50.0 Å². The van der Waals surface area contributed by atoms with E-state index in [1.807, 2.05) is 6.07 Å². The Morgan fingerprint density at radius 2 is 1.97 bits per heavy atom. The van der Waals surface area contributed by atoms with E-state index >= 15 is 0 Å². The second-order valence-corrected chi connectivity index (χ2v) is 9.69. The number of nitrogens with zero attached hydrogens (tertiary/aromatic N) is 3. The van der Waals surface area contributed by atoms with Crippen molar-refractivity contribution in [1.82, 2.24) is 9.88 Å². The Morgan fingerprint density at radius 3 is 2.68 bits per heavy atom. The highest BCUT2D eigenvalue weighted by Gasteiger charge is 2.52. The SMILES string of the molecule is Fc1ccc(OC2CCC2)c(C2CCN([C@@H]3COC4(C3)CN(c3ncco3)C4)CC2)c1. The number of rotatable bonds is 5. The van der Waals surface area contributed by atoms with E-state index < -0.39 is 0 Å². The monoisotopic (exact) mass is 427 g/mol. The van der Waals surface area contributed by atoms with Gasteiger partial charge in [0, 0.05) is 11.6 Å². The first-order valence-electron chi connectivity index (χ1n) is 11.7. The average molecular weight is 428 g/mol. The molecule has 3 saturated heterocycles. The summed E-state index contributed by atoms with van der Waals surface area (Å²) in [4.78, 5) is 8.95. The minimum absolute atomic E-state index is 0.0532. The lowest BCUT2D eigenvalue weighted by Crippen LogP contribution is -2.62. The summed E-state index contributed by atoms with van der Waals surface area (Å²) in [5.41, 5.74) is 1.01. The van der Waals surface area contributed by atoms with Crippen LogP contribution < -0.4 is 9.64 Å². The maximum Gasteiger partial charge on any atom is 0.297 e. The lowest BCUT2D eigenvalue weighted by atomic mass is 9.86. The number of likely N-dealkylation sites (tertiary alicyclic amines) is 1. The molecular formula is C24H30FN3O3. The summed E-state index contributed by atoms with van der Waals surface area (Å²) < 4.78 is 31.9. The molecule has 6 rings (SSSR count). The van der Waals surface area contributed by atoms with Gasteiger partial charge >= 0.3 is 0 Å². The molecular weight excluding hydrogens is 397 g/mol. The number of hydrogen-bond acceptors (Lipinski definition) is 6. The van der Waals surface area contributed by atoms with E-state index in [0.717, 1.165) is 76.2 Å². The van der Waals surface area contributed by atoms with Gasteiger partial charge < -0.3 is 18.8 Å². The maximum atomic E-state index is 14.0. The van der Waals surface area contributed by atoms with Gasteiger partial charge in [-0.3, -0.25) is 4.90 Å². The Kier molecular flexibility index (Phi) is 4.91. The van der Waals surface area contributed by atoms with Crippen molar-refractivity contribution in [3.63, 3.8) is 0 Å². The van der Waals surface area contributed by atoms with Crippen molar-refractivity contribution in [1.29, 1.82) is 0 Å².